The molecule has 0 aromatic heterocycles. The molecule has 3 heterocycles. The molecule has 0 aliphatic carbocycles. The molecule has 0 bridgehead atoms. The van der Waals surface area contributed by atoms with Gasteiger partial charge in [-0.3, -0.25) is 24.2 Å². The predicted octanol–water partition coefficient (Wildman–Crippen LogP) is 2.79. The number of carbonyl (C=O) groups is 3. The fraction of sp³-hybridized carbons (Fsp3) is 0.393. The van der Waals surface area contributed by atoms with Crippen LogP contribution in [0.25, 0.3) is 0 Å². The molecule has 2 fully saturated rings. The number of amides is 3. The quantitative estimate of drug-likeness (QED) is 0.604. The number of allylic oxidation sites excluding steroid dienone is 1. The smallest absolute Gasteiger partial charge is 0.266 e. The summed E-state index contributed by atoms with van der Waals surface area (Å²) in [5.74, 6) is -0.976. The Labute approximate surface area is 211 Å². The second-order valence-corrected chi connectivity index (χ2v) is 9.62. The maximum absolute atomic E-state index is 13.3. The van der Waals surface area contributed by atoms with Crippen molar-refractivity contribution in [2.24, 2.45) is 0 Å². The third-order valence-electron chi connectivity index (χ3n) is 7.28. The largest absolute Gasteiger partial charge is 0.488 e. The number of piperazine rings is 1. The summed E-state index contributed by atoms with van der Waals surface area (Å²) < 4.78 is 6.02. The maximum atomic E-state index is 13.3. The molecule has 2 aromatic rings. The van der Waals surface area contributed by atoms with E-state index in [1.165, 1.54) is 5.56 Å². The molecule has 2 aromatic carbocycles. The Morgan fingerprint density at radius 2 is 1.64 bits per heavy atom. The number of rotatable bonds is 7. The van der Waals surface area contributed by atoms with Gasteiger partial charge in [0.05, 0.1) is 11.1 Å². The van der Waals surface area contributed by atoms with Gasteiger partial charge in [-0.2, -0.15) is 0 Å². The molecule has 1 N–H and O–H groups in total. The van der Waals surface area contributed by atoms with Crippen molar-refractivity contribution in [1.29, 1.82) is 0 Å². The SMILES string of the molecule is C=C1CCC(N2C(=O)c3cccc(OCc4ccc(CN5CCN(CC)CC5)cc4)c3C2=O)C(=O)N1. The summed E-state index contributed by atoms with van der Waals surface area (Å²) in [7, 11) is 0. The summed E-state index contributed by atoms with van der Waals surface area (Å²) >= 11 is 0. The van der Waals surface area contributed by atoms with Crippen molar-refractivity contribution in [3.8, 4) is 5.75 Å². The number of fused-ring (bicyclic) bond motifs is 1. The summed E-state index contributed by atoms with van der Waals surface area (Å²) in [6, 6.07) is 12.5. The molecule has 2 saturated heterocycles. The van der Waals surface area contributed by atoms with Gasteiger partial charge >= 0.3 is 0 Å². The number of benzene rings is 2. The minimum Gasteiger partial charge on any atom is -0.488 e. The van der Waals surface area contributed by atoms with Crippen LogP contribution >= 0.6 is 0 Å². The van der Waals surface area contributed by atoms with Gasteiger partial charge in [0.1, 0.15) is 18.4 Å². The van der Waals surface area contributed by atoms with Gasteiger partial charge in [-0.15, -0.1) is 0 Å². The van der Waals surface area contributed by atoms with E-state index in [2.05, 4.69) is 40.8 Å². The van der Waals surface area contributed by atoms with Crippen LogP contribution in [0.1, 0.15) is 51.6 Å². The molecule has 8 nitrogen and oxygen atoms in total. The minimum atomic E-state index is -0.840. The minimum absolute atomic E-state index is 0.225. The average Bonchev–Trinajstić information content (AvgIpc) is 3.14. The highest BCUT2D eigenvalue weighted by atomic mass is 16.5. The van der Waals surface area contributed by atoms with Gasteiger partial charge in [0.25, 0.3) is 11.8 Å². The summed E-state index contributed by atoms with van der Waals surface area (Å²) in [5, 5.41) is 2.65. The van der Waals surface area contributed by atoms with E-state index in [0.29, 0.717) is 24.3 Å². The monoisotopic (exact) mass is 488 g/mol. The van der Waals surface area contributed by atoms with Crippen molar-refractivity contribution in [3.05, 3.63) is 77.0 Å². The summed E-state index contributed by atoms with van der Waals surface area (Å²) in [6.45, 7) is 12.7. The van der Waals surface area contributed by atoms with Crippen LogP contribution in [0.2, 0.25) is 0 Å². The van der Waals surface area contributed by atoms with E-state index in [-0.39, 0.29) is 23.6 Å². The number of hydrogen-bond acceptors (Lipinski definition) is 6. The van der Waals surface area contributed by atoms with Gasteiger partial charge in [0.15, 0.2) is 0 Å². The van der Waals surface area contributed by atoms with Gasteiger partial charge in [-0.05, 0) is 42.6 Å². The number of nitrogens with one attached hydrogen (secondary N) is 1. The zero-order valence-electron chi connectivity index (χ0n) is 20.7. The first kappa shape index (κ1) is 24.2. The Hall–Kier alpha value is -3.49. The van der Waals surface area contributed by atoms with Crippen LogP contribution in [0.5, 0.6) is 5.75 Å². The molecule has 0 spiro atoms. The van der Waals surface area contributed by atoms with Gasteiger partial charge in [-0.1, -0.05) is 43.8 Å². The van der Waals surface area contributed by atoms with Gasteiger partial charge in [-0.25, -0.2) is 0 Å². The van der Waals surface area contributed by atoms with E-state index in [9.17, 15) is 14.4 Å². The van der Waals surface area contributed by atoms with Crippen LogP contribution in [0.3, 0.4) is 0 Å². The molecule has 0 saturated carbocycles. The van der Waals surface area contributed by atoms with Crippen molar-refractivity contribution >= 4 is 17.7 Å². The number of imide groups is 1. The van der Waals surface area contributed by atoms with Gasteiger partial charge in [0.2, 0.25) is 5.91 Å². The molecule has 188 valence electrons. The van der Waals surface area contributed by atoms with E-state index in [0.717, 1.165) is 49.7 Å². The zero-order chi connectivity index (χ0) is 25.2. The number of piperidine rings is 1. The molecule has 36 heavy (non-hydrogen) atoms. The molecule has 1 atom stereocenters. The molecule has 1 unspecified atom stereocenters. The lowest BCUT2D eigenvalue weighted by atomic mass is 10.0. The molecule has 3 aliphatic heterocycles. The summed E-state index contributed by atoms with van der Waals surface area (Å²) in [6.07, 6.45) is 0.894. The number of carbonyl (C=O) groups excluding carboxylic acids is 3. The van der Waals surface area contributed by atoms with Crippen LogP contribution in [0, 0.1) is 0 Å². The topological polar surface area (TPSA) is 82.2 Å². The lowest BCUT2D eigenvalue weighted by molar-refractivity contribution is -0.125. The molecular formula is C28H32N4O4. The summed E-state index contributed by atoms with van der Waals surface area (Å²) in [4.78, 5) is 44.8. The highest BCUT2D eigenvalue weighted by Crippen LogP contribution is 2.34. The number of ether oxygens (including phenoxy) is 1. The second kappa shape index (κ2) is 10.2. The van der Waals surface area contributed by atoms with Crippen LogP contribution in [0.4, 0.5) is 0 Å². The van der Waals surface area contributed by atoms with E-state index < -0.39 is 17.9 Å². The fourth-order valence-electron chi connectivity index (χ4n) is 5.11. The Morgan fingerprint density at radius 1 is 0.944 bits per heavy atom. The normalized spacial score (nSPS) is 21.0. The third-order valence-corrected chi connectivity index (χ3v) is 7.28. The fourth-order valence-corrected chi connectivity index (χ4v) is 5.11. The zero-order valence-corrected chi connectivity index (χ0v) is 20.7. The lowest BCUT2D eigenvalue weighted by Crippen LogP contribution is -2.51. The Kier molecular flexibility index (Phi) is 6.89. The van der Waals surface area contributed by atoms with E-state index >= 15 is 0 Å². The maximum Gasteiger partial charge on any atom is 0.266 e. The molecule has 3 amide bonds. The Bertz CT molecular complexity index is 1180. The Balaban J connectivity index is 1.23. The van der Waals surface area contributed by atoms with E-state index in [1.807, 2.05) is 12.1 Å². The number of hydrogen-bond donors (Lipinski definition) is 1. The van der Waals surface area contributed by atoms with Crippen LogP contribution < -0.4 is 10.1 Å². The van der Waals surface area contributed by atoms with E-state index in [1.54, 1.807) is 18.2 Å². The molecule has 0 radical (unpaired) electrons. The summed E-state index contributed by atoms with van der Waals surface area (Å²) in [5.41, 5.74) is 3.33. The first-order valence-electron chi connectivity index (χ1n) is 12.6. The van der Waals surface area contributed by atoms with Crippen LogP contribution in [-0.4, -0.2) is 71.2 Å². The van der Waals surface area contributed by atoms with Crippen molar-refractivity contribution < 1.29 is 19.1 Å². The van der Waals surface area contributed by atoms with Gasteiger partial charge < -0.3 is 15.0 Å². The van der Waals surface area contributed by atoms with Crippen molar-refractivity contribution in [2.45, 2.75) is 39.0 Å². The number of likely N-dealkylation sites (N-methyl/N-ethyl adjacent to an activating group) is 1. The van der Waals surface area contributed by atoms with Crippen molar-refractivity contribution in [3.63, 3.8) is 0 Å². The third kappa shape index (κ3) is 4.79. The van der Waals surface area contributed by atoms with Crippen molar-refractivity contribution in [2.75, 3.05) is 32.7 Å². The van der Waals surface area contributed by atoms with Crippen molar-refractivity contribution in [1.82, 2.24) is 20.0 Å². The second-order valence-electron chi connectivity index (χ2n) is 9.62. The number of nitrogens with zero attached hydrogens (tertiary/aromatic N) is 3. The highest BCUT2D eigenvalue weighted by molar-refractivity contribution is 6.24. The Morgan fingerprint density at radius 3 is 2.33 bits per heavy atom. The van der Waals surface area contributed by atoms with Crippen LogP contribution in [0.15, 0.2) is 54.7 Å². The first-order valence-corrected chi connectivity index (χ1v) is 12.6. The highest BCUT2D eigenvalue weighted by Gasteiger charge is 2.45. The predicted molar refractivity (Wildman–Crippen MR) is 135 cm³/mol. The lowest BCUT2D eigenvalue weighted by Gasteiger charge is -2.34. The first-order chi connectivity index (χ1) is 17.4. The molecular weight excluding hydrogens is 456 g/mol. The van der Waals surface area contributed by atoms with Crippen LogP contribution in [-0.2, 0) is 17.9 Å². The van der Waals surface area contributed by atoms with Gasteiger partial charge in [0, 0.05) is 38.4 Å². The van der Waals surface area contributed by atoms with E-state index in [4.69, 9.17) is 4.74 Å². The standard InChI is InChI=1S/C28H32N4O4/c1-3-30-13-15-31(16-14-30)17-20-8-10-21(11-9-20)18-36-24-6-4-5-22-25(24)28(35)32(27(22)34)23-12-7-19(2)29-26(23)33/h4-6,8-11,23H,2-3,7,12-18H2,1H3,(H,29,33). The molecule has 8 heteroatoms. The average molecular weight is 489 g/mol. The molecule has 3 aliphatic rings. The molecule has 5 rings (SSSR count).